The molecule has 0 amide bonds. The molecule has 0 saturated carbocycles. The smallest absolute Gasteiger partial charge is 0.214 e. The molecule has 3 aromatic rings. The lowest BCUT2D eigenvalue weighted by Gasteiger charge is -2.02. The molecular formula is C15H13ClN4S. The number of imidazole rings is 1. The average molecular weight is 317 g/mol. The molecule has 0 aliphatic heterocycles. The number of aromatic nitrogens is 3. The van der Waals surface area contributed by atoms with Crippen molar-refractivity contribution < 1.29 is 0 Å². The number of rotatable bonds is 2. The summed E-state index contributed by atoms with van der Waals surface area (Å²) in [7, 11) is 0. The van der Waals surface area contributed by atoms with Gasteiger partial charge in [0.05, 0.1) is 0 Å². The fourth-order valence-corrected chi connectivity index (χ4v) is 3.11. The zero-order valence-electron chi connectivity index (χ0n) is 11.9. The van der Waals surface area contributed by atoms with Crippen LogP contribution < -0.4 is 0 Å². The highest BCUT2D eigenvalue weighted by atomic mass is 35.5. The second-order valence-electron chi connectivity index (χ2n) is 5.17. The van der Waals surface area contributed by atoms with Crippen LogP contribution in [0.4, 0.5) is 0 Å². The maximum atomic E-state index is 9.47. The van der Waals surface area contributed by atoms with Gasteiger partial charge in [-0.05, 0) is 24.6 Å². The Labute approximate surface area is 131 Å². The van der Waals surface area contributed by atoms with Gasteiger partial charge in [0.25, 0.3) is 0 Å². The van der Waals surface area contributed by atoms with Gasteiger partial charge in [-0.25, -0.2) is 4.98 Å². The molecule has 0 unspecified atom stereocenters. The molecule has 1 aromatic carbocycles. The minimum Gasteiger partial charge on any atom is -0.216 e. The van der Waals surface area contributed by atoms with Crippen LogP contribution in [0.15, 0.2) is 18.2 Å². The van der Waals surface area contributed by atoms with Crippen LogP contribution in [-0.2, 0) is 0 Å². The highest BCUT2D eigenvalue weighted by Gasteiger charge is 2.19. The number of fused-ring (bicyclic) bond motifs is 1. The summed E-state index contributed by atoms with van der Waals surface area (Å²) in [6, 6.07) is 7.87. The Morgan fingerprint density at radius 3 is 2.76 bits per heavy atom. The SMILES string of the molecule is Cc1cc(-c2nc3sc(C(C)C)nn3c2C#N)ccc1Cl. The summed E-state index contributed by atoms with van der Waals surface area (Å²) in [5.41, 5.74) is 2.98. The van der Waals surface area contributed by atoms with E-state index in [2.05, 4.69) is 30.0 Å². The topological polar surface area (TPSA) is 54.0 Å². The van der Waals surface area contributed by atoms with Gasteiger partial charge >= 0.3 is 0 Å². The molecule has 0 bridgehead atoms. The summed E-state index contributed by atoms with van der Waals surface area (Å²) in [6.45, 7) is 6.09. The van der Waals surface area contributed by atoms with Crippen LogP contribution in [-0.4, -0.2) is 14.6 Å². The van der Waals surface area contributed by atoms with E-state index in [4.69, 9.17) is 11.6 Å². The van der Waals surface area contributed by atoms with Crippen LogP contribution in [0.3, 0.4) is 0 Å². The van der Waals surface area contributed by atoms with E-state index in [1.54, 1.807) is 4.52 Å². The predicted octanol–water partition coefficient (Wildman–Crippen LogP) is 4.41. The van der Waals surface area contributed by atoms with Crippen molar-refractivity contribution in [1.29, 1.82) is 5.26 Å². The Hall–Kier alpha value is -1.90. The van der Waals surface area contributed by atoms with Crippen molar-refractivity contribution in [3.05, 3.63) is 39.5 Å². The van der Waals surface area contributed by atoms with Gasteiger partial charge in [0.15, 0.2) is 5.69 Å². The number of halogens is 1. The first kappa shape index (κ1) is 14.1. The van der Waals surface area contributed by atoms with E-state index >= 15 is 0 Å². The summed E-state index contributed by atoms with van der Waals surface area (Å²) in [4.78, 5) is 5.33. The molecule has 0 saturated heterocycles. The molecule has 0 fully saturated rings. The Morgan fingerprint density at radius 2 is 2.14 bits per heavy atom. The first-order valence-corrected chi connectivity index (χ1v) is 7.76. The number of benzene rings is 1. The maximum Gasteiger partial charge on any atom is 0.214 e. The molecule has 2 heterocycles. The van der Waals surface area contributed by atoms with Gasteiger partial charge in [-0.3, -0.25) is 0 Å². The first-order valence-electron chi connectivity index (χ1n) is 6.57. The van der Waals surface area contributed by atoms with Gasteiger partial charge in [0.1, 0.15) is 16.8 Å². The molecule has 106 valence electrons. The molecule has 3 rings (SSSR count). The number of nitriles is 1. The molecule has 0 atom stereocenters. The maximum absolute atomic E-state index is 9.47. The van der Waals surface area contributed by atoms with Gasteiger partial charge in [-0.15, -0.1) is 0 Å². The van der Waals surface area contributed by atoms with Crippen molar-refractivity contribution in [2.75, 3.05) is 0 Å². The largest absolute Gasteiger partial charge is 0.216 e. The Morgan fingerprint density at radius 1 is 1.38 bits per heavy atom. The normalized spacial score (nSPS) is 11.2. The molecule has 21 heavy (non-hydrogen) atoms. The number of nitrogens with zero attached hydrogens (tertiary/aromatic N) is 4. The zero-order chi connectivity index (χ0) is 15.1. The predicted molar refractivity (Wildman–Crippen MR) is 84.9 cm³/mol. The Balaban J connectivity index is 2.21. The third kappa shape index (κ3) is 2.31. The van der Waals surface area contributed by atoms with Crippen LogP contribution in [0.2, 0.25) is 5.02 Å². The lowest BCUT2D eigenvalue weighted by molar-refractivity contribution is 0.798. The van der Waals surface area contributed by atoms with Crippen LogP contribution in [0.25, 0.3) is 16.2 Å². The highest BCUT2D eigenvalue weighted by molar-refractivity contribution is 7.16. The van der Waals surface area contributed by atoms with Gasteiger partial charge in [-0.1, -0.05) is 42.9 Å². The standard InChI is InChI=1S/C15H13ClN4S/c1-8(2)14-19-20-12(7-17)13(18-15(20)21-14)10-4-5-11(16)9(3)6-10/h4-6,8H,1-3H3. The van der Waals surface area contributed by atoms with E-state index in [1.807, 2.05) is 25.1 Å². The molecule has 0 aliphatic carbocycles. The minimum atomic E-state index is 0.324. The van der Waals surface area contributed by atoms with E-state index in [1.165, 1.54) is 11.3 Å². The Kier molecular flexibility index (Phi) is 3.44. The quantitative estimate of drug-likeness (QED) is 0.703. The van der Waals surface area contributed by atoms with Crippen LogP contribution in [0.5, 0.6) is 0 Å². The molecular weight excluding hydrogens is 304 g/mol. The summed E-state index contributed by atoms with van der Waals surface area (Å²) >= 11 is 7.58. The van der Waals surface area contributed by atoms with E-state index in [9.17, 15) is 5.26 Å². The van der Waals surface area contributed by atoms with Gasteiger partial charge < -0.3 is 0 Å². The van der Waals surface area contributed by atoms with Crippen LogP contribution in [0, 0.1) is 18.3 Å². The van der Waals surface area contributed by atoms with Crippen molar-refractivity contribution >= 4 is 27.9 Å². The third-order valence-corrected chi connectivity index (χ3v) is 4.88. The van der Waals surface area contributed by atoms with Crippen molar-refractivity contribution in [2.45, 2.75) is 26.7 Å². The van der Waals surface area contributed by atoms with Crippen LogP contribution >= 0.6 is 22.9 Å². The summed E-state index contributed by atoms with van der Waals surface area (Å²) in [5.74, 6) is 0.324. The van der Waals surface area contributed by atoms with Crippen molar-refractivity contribution in [3.63, 3.8) is 0 Å². The molecule has 2 aromatic heterocycles. The zero-order valence-corrected chi connectivity index (χ0v) is 13.5. The molecule has 0 spiro atoms. The fraction of sp³-hybridized carbons (Fsp3) is 0.267. The van der Waals surface area contributed by atoms with Crippen molar-refractivity contribution in [2.24, 2.45) is 0 Å². The molecule has 0 N–H and O–H groups in total. The van der Waals surface area contributed by atoms with Crippen molar-refractivity contribution in [3.8, 4) is 17.3 Å². The summed E-state index contributed by atoms with van der Waals surface area (Å²) in [5, 5.41) is 15.6. The van der Waals surface area contributed by atoms with E-state index in [-0.39, 0.29) is 0 Å². The molecule has 0 radical (unpaired) electrons. The molecule has 4 nitrogen and oxygen atoms in total. The van der Waals surface area contributed by atoms with E-state index < -0.39 is 0 Å². The second-order valence-corrected chi connectivity index (χ2v) is 6.57. The molecule has 0 aliphatic rings. The highest BCUT2D eigenvalue weighted by Crippen LogP contribution is 2.30. The monoisotopic (exact) mass is 316 g/mol. The van der Waals surface area contributed by atoms with Gasteiger partial charge in [0, 0.05) is 16.5 Å². The lowest BCUT2D eigenvalue weighted by Crippen LogP contribution is -1.94. The number of aryl methyl sites for hydroxylation is 1. The lowest BCUT2D eigenvalue weighted by atomic mass is 10.1. The molecule has 6 heteroatoms. The van der Waals surface area contributed by atoms with E-state index in [0.717, 1.165) is 21.1 Å². The Bertz CT molecular complexity index is 870. The van der Waals surface area contributed by atoms with Crippen molar-refractivity contribution in [1.82, 2.24) is 14.6 Å². The third-order valence-electron chi connectivity index (χ3n) is 3.25. The van der Waals surface area contributed by atoms with Gasteiger partial charge in [-0.2, -0.15) is 14.9 Å². The van der Waals surface area contributed by atoms with Gasteiger partial charge in [0.2, 0.25) is 4.96 Å². The summed E-state index contributed by atoms with van der Waals surface area (Å²) in [6.07, 6.45) is 0. The number of hydrogen-bond donors (Lipinski definition) is 0. The average Bonchev–Trinajstić information content (AvgIpc) is 2.98. The number of hydrogen-bond acceptors (Lipinski definition) is 4. The minimum absolute atomic E-state index is 0.324. The second kappa shape index (κ2) is 5.14. The fourth-order valence-electron chi connectivity index (χ4n) is 2.09. The first-order chi connectivity index (χ1) is 10.0. The van der Waals surface area contributed by atoms with E-state index in [0.29, 0.717) is 22.3 Å². The van der Waals surface area contributed by atoms with Crippen LogP contribution in [0.1, 0.15) is 36.0 Å². The summed E-state index contributed by atoms with van der Waals surface area (Å²) < 4.78 is 1.64.